The minimum absolute atomic E-state index is 0.142. The Morgan fingerprint density at radius 1 is 0.864 bits per heavy atom. The van der Waals surface area contributed by atoms with E-state index in [1.54, 1.807) is 18.2 Å². The molecule has 2 aromatic rings. The normalized spacial score (nSPS) is 12.7. The van der Waals surface area contributed by atoms with Gasteiger partial charge in [-0.05, 0) is 41.3 Å². The van der Waals surface area contributed by atoms with E-state index in [9.17, 15) is 0 Å². The predicted octanol–water partition coefficient (Wildman–Crippen LogP) is 7.21. The van der Waals surface area contributed by atoms with E-state index in [0.29, 0.717) is 26.7 Å². The Labute approximate surface area is 151 Å². The van der Waals surface area contributed by atoms with Gasteiger partial charge >= 0.3 is 0 Å². The lowest BCUT2D eigenvalue weighted by molar-refractivity contribution is 0.00910. The maximum atomic E-state index is 6.29. The number of ether oxygens (including phenoxy) is 1. The van der Waals surface area contributed by atoms with E-state index in [1.807, 2.05) is 18.2 Å². The minimum Gasteiger partial charge on any atom is -0.368 e. The topological polar surface area (TPSA) is 9.23 Å². The first kappa shape index (κ1) is 17.9. The zero-order valence-corrected chi connectivity index (χ0v) is 15.3. The molecule has 0 saturated heterocycles. The molecule has 22 heavy (non-hydrogen) atoms. The first-order chi connectivity index (χ1) is 10.4. The Bertz CT molecular complexity index is 655. The summed E-state index contributed by atoms with van der Waals surface area (Å²) in [6, 6.07) is 10.8. The van der Waals surface area contributed by atoms with Crippen molar-refractivity contribution in [3.8, 4) is 0 Å². The Morgan fingerprint density at radius 2 is 1.45 bits per heavy atom. The predicted molar refractivity (Wildman–Crippen MR) is 95.3 cm³/mol. The van der Waals surface area contributed by atoms with Crippen molar-refractivity contribution in [3.05, 3.63) is 67.6 Å². The van der Waals surface area contributed by atoms with E-state index in [0.717, 1.165) is 11.1 Å². The van der Waals surface area contributed by atoms with Crippen LogP contribution in [-0.2, 0) is 11.3 Å². The summed E-state index contributed by atoms with van der Waals surface area (Å²) in [5, 5.41) is 2.41. The zero-order chi connectivity index (χ0) is 16.3. The third kappa shape index (κ3) is 4.53. The average molecular weight is 378 g/mol. The molecular formula is C17H16Cl4O. The molecule has 0 spiro atoms. The van der Waals surface area contributed by atoms with Crippen LogP contribution in [0.4, 0.5) is 0 Å². The molecule has 0 fully saturated rings. The molecule has 0 heterocycles. The van der Waals surface area contributed by atoms with Gasteiger partial charge in [-0.25, -0.2) is 0 Å². The average Bonchev–Trinajstić information content (AvgIpc) is 2.42. The largest absolute Gasteiger partial charge is 0.368 e. The second-order valence-corrected chi connectivity index (χ2v) is 7.06. The van der Waals surface area contributed by atoms with E-state index in [-0.39, 0.29) is 12.0 Å². The molecular weight excluding hydrogens is 362 g/mol. The van der Waals surface area contributed by atoms with Crippen molar-refractivity contribution >= 4 is 46.4 Å². The molecule has 0 saturated carbocycles. The third-order valence-electron chi connectivity index (χ3n) is 3.31. The monoisotopic (exact) mass is 376 g/mol. The van der Waals surface area contributed by atoms with Crippen molar-refractivity contribution < 1.29 is 4.74 Å². The van der Waals surface area contributed by atoms with Gasteiger partial charge in [-0.1, -0.05) is 72.4 Å². The van der Waals surface area contributed by atoms with Crippen molar-refractivity contribution in [2.75, 3.05) is 0 Å². The quantitative estimate of drug-likeness (QED) is 0.534. The lowest BCUT2D eigenvalue weighted by atomic mass is 9.99. The maximum absolute atomic E-state index is 6.29. The standard InChI is InChI=1S/C17H16Cl4O/c1-10(2)17(14-6-5-13(19)8-16(14)21)22-9-11-3-4-12(18)7-15(11)20/h3-8,10,17H,9H2,1-2H3. The van der Waals surface area contributed by atoms with Gasteiger partial charge in [0.15, 0.2) is 0 Å². The van der Waals surface area contributed by atoms with Crippen LogP contribution in [0.15, 0.2) is 36.4 Å². The van der Waals surface area contributed by atoms with Crippen LogP contribution >= 0.6 is 46.4 Å². The second-order valence-electron chi connectivity index (χ2n) is 5.38. The van der Waals surface area contributed by atoms with Crippen molar-refractivity contribution in [3.63, 3.8) is 0 Å². The fraction of sp³-hybridized carbons (Fsp3) is 0.294. The summed E-state index contributed by atoms with van der Waals surface area (Å²) in [5.74, 6) is 0.254. The number of halogens is 4. The van der Waals surface area contributed by atoms with Gasteiger partial charge in [0.25, 0.3) is 0 Å². The number of rotatable bonds is 5. The number of hydrogen-bond acceptors (Lipinski definition) is 1. The fourth-order valence-corrected chi connectivity index (χ4v) is 3.17. The zero-order valence-electron chi connectivity index (χ0n) is 12.2. The van der Waals surface area contributed by atoms with Crippen LogP contribution in [-0.4, -0.2) is 0 Å². The van der Waals surface area contributed by atoms with Gasteiger partial charge in [-0.15, -0.1) is 0 Å². The second kappa shape index (κ2) is 7.90. The molecule has 1 unspecified atom stereocenters. The summed E-state index contributed by atoms with van der Waals surface area (Å²) in [5.41, 5.74) is 1.81. The highest BCUT2D eigenvalue weighted by Crippen LogP contribution is 2.34. The van der Waals surface area contributed by atoms with Crippen molar-refractivity contribution in [1.82, 2.24) is 0 Å². The van der Waals surface area contributed by atoms with Crippen LogP contribution in [0.1, 0.15) is 31.1 Å². The van der Waals surface area contributed by atoms with Crippen LogP contribution in [0, 0.1) is 5.92 Å². The molecule has 0 radical (unpaired) electrons. The lowest BCUT2D eigenvalue weighted by Gasteiger charge is -2.23. The molecule has 2 aromatic carbocycles. The van der Waals surface area contributed by atoms with Crippen LogP contribution in [0.2, 0.25) is 20.1 Å². The van der Waals surface area contributed by atoms with Gasteiger partial charge in [-0.2, -0.15) is 0 Å². The molecule has 5 heteroatoms. The number of hydrogen-bond donors (Lipinski definition) is 0. The molecule has 118 valence electrons. The third-order valence-corrected chi connectivity index (χ3v) is 4.46. The SMILES string of the molecule is CC(C)C(OCc1ccc(Cl)cc1Cl)c1ccc(Cl)cc1Cl. The Balaban J connectivity index is 2.19. The summed E-state index contributed by atoms with van der Waals surface area (Å²) >= 11 is 24.3. The summed E-state index contributed by atoms with van der Waals surface area (Å²) in [7, 11) is 0. The highest BCUT2D eigenvalue weighted by molar-refractivity contribution is 6.35. The van der Waals surface area contributed by atoms with Gasteiger partial charge in [-0.3, -0.25) is 0 Å². The number of benzene rings is 2. The van der Waals surface area contributed by atoms with Crippen LogP contribution < -0.4 is 0 Å². The maximum Gasteiger partial charge on any atom is 0.0866 e. The highest BCUT2D eigenvalue weighted by Gasteiger charge is 2.20. The van der Waals surface area contributed by atoms with Gasteiger partial charge in [0.2, 0.25) is 0 Å². The molecule has 0 amide bonds. The summed E-state index contributed by atoms with van der Waals surface area (Å²) in [6.07, 6.45) is -0.142. The van der Waals surface area contributed by atoms with Gasteiger partial charge in [0.1, 0.15) is 0 Å². The Morgan fingerprint density at radius 3 is 2.00 bits per heavy atom. The Kier molecular flexibility index (Phi) is 6.43. The van der Waals surface area contributed by atoms with Crippen LogP contribution in [0.3, 0.4) is 0 Å². The van der Waals surface area contributed by atoms with E-state index in [2.05, 4.69) is 13.8 Å². The van der Waals surface area contributed by atoms with Gasteiger partial charge in [0.05, 0.1) is 12.7 Å². The van der Waals surface area contributed by atoms with Crippen LogP contribution in [0.5, 0.6) is 0 Å². The molecule has 2 rings (SSSR count). The van der Waals surface area contributed by atoms with E-state index in [4.69, 9.17) is 51.1 Å². The summed E-state index contributed by atoms with van der Waals surface area (Å²) in [4.78, 5) is 0. The van der Waals surface area contributed by atoms with E-state index in [1.165, 1.54) is 0 Å². The summed E-state index contributed by atoms with van der Waals surface area (Å²) in [6.45, 7) is 4.55. The molecule has 0 bridgehead atoms. The first-order valence-corrected chi connectivity index (χ1v) is 8.40. The molecule has 1 nitrogen and oxygen atoms in total. The van der Waals surface area contributed by atoms with Crippen molar-refractivity contribution in [2.45, 2.75) is 26.6 Å². The molecule has 0 aromatic heterocycles. The molecule has 0 N–H and O–H groups in total. The molecule has 0 aliphatic heterocycles. The molecule has 0 aliphatic rings. The van der Waals surface area contributed by atoms with E-state index >= 15 is 0 Å². The molecule has 1 atom stereocenters. The van der Waals surface area contributed by atoms with Gasteiger partial charge < -0.3 is 4.74 Å². The summed E-state index contributed by atoms with van der Waals surface area (Å²) < 4.78 is 6.06. The lowest BCUT2D eigenvalue weighted by Crippen LogP contribution is -2.12. The van der Waals surface area contributed by atoms with Crippen molar-refractivity contribution in [2.24, 2.45) is 5.92 Å². The fourth-order valence-electron chi connectivity index (χ4n) is 2.19. The highest BCUT2D eigenvalue weighted by atomic mass is 35.5. The van der Waals surface area contributed by atoms with Crippen molar-refractivity contribution in [1.29, 1.82) is 0 Å². The molecule has 0 aliphatic carbocycles. The van der Waals surface area contributed by atoms with Gasteiger partial charge in [0, 0.05) is 20.1 Å². The Hall–Kier alpha value is -0.440. The minimum atomic E-state index is -0.142. The first-order valence-electron chi connectivity index (χ1n) is 6.89. The smallest absolute Gasteiger partial charge is 0.0866 e. The van der Waals surface area contributed by atoms with E-state index < -0.39 is 0 Å². The van der Waals surface area contributed by atoms with Crippen LogP contribution in [0.25, 0.3) is 0 Å².